The Balaban J connectivity index is 1.49. The van der Waals surface area contributed by atoms with Crippen LogP contribution in [0.3, 0.4) is 0 Å². The maximum absolute atomic E-state index is 12.7. The first-order chi connectivity index (χ1) is 13.5. The van der Waals surface area contributed by atoms with E-state index in [2.05, 4.69) is 10.6 Å². The Kier molecular flexibility index (Phi) is 4.92. The van der Waals surface area contributed by atoms with Crippen molar-refractivity contribution in [2.45, 2.75) is 32.4 Å². The van der Waals surface area contributed by atoms with E-state index in [1.165, 1.54) is 0 Å². The summed E-state index contributed by atoms with van der Waals surface area (Å²) in [6.45, 7) is 4.97. The normalized spacial score (nSPS) is 17.6. The molecule has 2 amide bonds. The molecule has 1 aliphatic heterocycles. The number of aromatic nitrogens is 1. The zero-order valence-electron chi connectivity index (χ0n) is 15.9. The molecule has 1 aromatic carbocycles. The molecule has 0 spiro atoms. The fraction of sp³-hybridized carbons (Fsp3) is 0.333. The Morgan fingerprint density at radius 1 is 1.25 bits per heavy atom. The molecule has 1 fully saturated rings. The second-order valence-corrected chi connectivity index (χ2v) is 7.06. The number of furan rings is 1. The van der Waals surface area contributed by atoms with Gasteiger partial charge in [-0.2, -0.15) is 0 Å². The molecule has 3 aromatic rings. The molecular weight excluding hydrogens is 358 g/mol. The number of ether oxygens (including phenoxy) is 1. The van der Waals surface area contributed by atoms with E-state index in [0.29, 0.717) is 19.0 Å². The highest BCUT2D eigenvalue weighted by Gasteiger charge is 2.21. The summed E-state index contributed by atoms with van der Waals surface area (Å²) in [4.78, 5) is 25.1. The van der Waals surface area contributed by atoms with E-state index in [4.69, 9.17) is 9.15 Å². The Morgan fingerprint density at radius 2 is 2.07 bits per heavy atom. The average molecular weight is 381 g/mol. The van der Waals surface area contributed by atoms with Crippen LogP contribution in [0.1, 0.15) is 36.8 Å². The van der Waals surface area contributed by atoms with E-state index < -0.39 is 6.03 Å². The van der Waals surface area contributed by atoms with Gasteiger partial charge in [0, 0.05) is 23.8 Å². The summed E-state index contributed by atoms with van der Waals surface area (Å²) < 4.78 is 12.9. The summed E-state index contributed by atoms with van der Waals surface area (Å²) in [6, 6.07) is 10.3. The van der Waals surface area contributed by atoms with Gasteiger partial charge in [0.2, 0.25) is 0 Å². The van der Waals surface area contributed by atoms with Crippen LogP contribution in [0, 0.1) is 6.92 Å². The minimum absolute atomic E-state index is 0.00873. The van der Waals surface area contributed by atoms with Crippen molar-refractivity contribution in [3.05, 3.63) is 64.3 Å². The van der Waals surface area contributed by atoms with Crippen LogP contribution in [0.2, 0.25) is 0 Å². The lowest BCUT2D eigenvalue weighted by molar-refractivity contribution is 0.186. The van der Waals surface area contributed by atoms with Crippen molar-refractivity contribution >= 4 is 22.7 Å². The monoisotopic (exact) mass is 381 g/mol. The van der Waals surface area contributed by atoms with Crippen molar-refractivity contribution in [3.8, 4) is 0 Å². The number of hydrogen-bond acceptors (Lipinski definition) is 4. The first-order valence-corrected chi connectivity index (χ1v) is 9.39. The van der Waals surface area contributed by atoms with Gasteiger partial charge in [-0.3, -0.25) is 4.79 Å². The molecule has 3 heterocycles. The number of carbonyl (C=O) groups is 1. The first kappa shape index (κ1) is 18.3. The van der Waals surface area contributed by atoms with Crippen molar-refractivity contribution < 1.29 is 13.9 Å². The van der Waals surface area contributed by atoms with Gasteiger partial charge in [-0.25, -0.2) is 4.79 Å². The van der Waals surface area contributed by atoms with E-state index in [-0.39, 0.29) is 23.3 Å². The van der Waals surface area contributed by atoms with Gasteiger partial charge in [-0.15, -0.1) is 0 Å². The van der Waals surface area contributed by atoms with Gasteiger partial charge in [0.15, 0.2) is 0 Å². The van der Waals surface area contributed by atoms with Crippen molar-refractivity contribution in [1.82, 2.24) is 9.88 Å². The number of nitrogens with one attached hydrogen (secondary N) is 2. The summed E-state index contributed by atoms with van der Waals surface area (Å²) in [5.41, 5.74) is 1.78. The fourth-order valence-corrected chi connectivity index (χ4v) is 3.66. The number of nitrogens with zero attached hydrogens (tertiary/aromatic N) is 1. The Morgan fingerprint density at radius 3 is 2.82 bits per heavy atom. The van der Waals surface area contributed by atoms with Gasteiger partial charge < -0.3 is 24.4 Å². The van der Waals surface area contributed by atoms with Crippen molar-refractivity contribution in [2.24, 2.45) is 0 Å². The van der Waals surface area contributed by atoms with Crippen LogP contribution in [0.25, 0.3) is 11.0 Å². The zero-order chi connectivity index (χ0) is 19.7. The van der Waals surface area contributed by atoms with Gasteiger partial charge in [0.05, 0.1) is 18.7 Å². The molecule has 4 rings (SSSR count). The predicted molar refractivity (Wildman–Crippen MR) is 107 cm³/mol. The van der Waals surface area contributed by atoms with Gasteiger partial charge in [-0.05, 0) is 38.5 Å². The number of rotatable bonds is 4. The quantitative estimate of drug-likeness (QED) is 0.721. The third kappa shape index (κ3) is 3.41. The highest BCUT2D eigenvalue weighted by molar-refractivity contribution is 5.89. The second kappa shape index (κ2) is 7.52. The number of benzene rings is 1. The Hall–Kier alpha value is -3.06. The number of urea groups is 1. The minimum Gasteiger partial charge on any atom is -0.459 e. The van der Waals surface area contributed by atoms with E-state index in [9.17, 15) is 9.59 Å². The minimum atomic E-state index is -0.454. The molecule has 7 heteroatoms. The number of hydrogen-bond donors (Lipinski definition) is 2. The van der Waals surface area contributed by atoms with Crippen LogP contribution < -0.4 is 16.2 Å². The molecule has 1 aliphatic rings. The molecule has 0 bridgehead atoms. The fourth-order valence-electron chi connectivity index (χ4n) is 3.66. The van der Waals surface area contributed by atoms with E-state index in [0.717, 1.165) is 23.0 Å². The number of amides is 2. The summed E-state index contributed by atoms with van der Waals surface area (Å²) in [5, 5.41) is 6.53. The molecule has 0 saturated carbocycles. The van der Waals surface area contributed by atoms with Crippen LogP contribution in [0.4, 0.5) is 10.5 Å². The van der Waals surface area contributed by atoms with Gasteiger partial charge >= 0.3 is 6.03 Å². The van der Waals surface area contributed by atoms with Gasteiger partial charge in [-0.1, -0.05) is 18.2 Å². The lowest BCUT2D eigenvalue weighted by Crippen LogP contribution is -2.35. The second-order valence-electron chi connectivity index (χ2n) is 7.06. The van der Waals surface area contributed by atoms with Crippen molar-refractivity contribution in [1.29, 1.82) is 0 Å². The molecule has 2 atom stereocenters. The lowest BCUT2D eigenvalue weighted by Gasteiger charge is -2.16. The van der Waals surface area contributed by atoms with Gasteiger partial charge in [0.1, 0.15) is 17.0 Å². The van der Waals surface area contributed by atoms with Crippen LogP contribution in [-0.2, 0) is 4.74 Å². The molecule has 1 unspecified atom stereocenters. The number of aryl methyl sites for hydroxylation is 1. The average Bonchev–Trinajstić information content (AvgIpc) is 3.32. The molecule has 146 valence electrons. The predicted octanol–water partition coefficient (Wildman–Crippen LogP) is 3.75. The molecule has 1 saturated heterocycles. The molecule has 2 N–H and O–H groups in total. The largest absolute Gasteiger partial charge is 0.459 e. The molecule has 0 aliphatic carbocycles. The molecular formula is C21H23N3O4. The third-order valence-corrected chi connectivity index (χ3v) is 5.14. The SMILES string of the molecule is Cc1c(C(C)NC(=O)Nc2cccn([C@H]3CCOC3)c2=O)oc2ccccc12. The summed E-state index contributed by atoms with van der Waals surface area (Å²) >= 11 is 0. The number of pyridine rings is 1. The number of para-hydroxylation sites is 1. The zero-order valence-corrected chi connectivity index (χ0v) is 15.9. The highest BCUT2D eigenvalue weighted by Crippen LogP contribution is 2.29. The van der Waals surface area contributed by atoms with E-state index >= 15 is 0 Å². The summed E-state index contributed by atoms with van der Waals surface area (Å²) in [7, 11) is 0. The van der Waals surface area contributed by atoms with Crippen LogP contribution in [-0.4, -0.2) is 23.8 Å². The highest BCUT2D eigenvalue weighted by atomic mass is 16.5. The number of anilines is 1. The van der Waals surface area contributed by atoms with Crippen molar-refractivity contribution in [3.63, 3.8) is 0 Å². The van der Waals surface area contributed by atoms with Crippen LogP contribution in [0.15, 0.2) is 51.8 Å². The van der Waals surface area contributed by atoms with E-state index in [1.807, 2.05) is 38.1 Å². The number of carbonyl (C=O) groups excluding carboxylic acids is 1. The Labute approximate surface area is 162 Å². The molecule has 0 radical (unpaired) electrons. The smallest absolute Gasteiger partial charge is 0.319 e. The van der Waals surface area contributed by atoms with Crippen LogP contribution in [0.5, 0.6) is 0 Å². The first-order valence-electron chi connectivity index (χ1n) is 9.39. The topological polar surface area (TPSA) is 85.5 Å². The van der Waals surface area contributed by atoms with Crippen molar-refractivity contribution in [2.75, 3.05) is 18.5 Å². The van der Waals surface area contributed by atoms with E-state index in [1.54, 1.807) is 22.9 Å². The molecule has 28 heavy (non-hydrogen) atoms. The number of fused-ring (bicyclic) bond motifs is 1. The molecule has 2 aromatic heterocycles. The third-order valence-electron chi connectivity index (χ3n) is 5.14. The molecule has 7 nitrogen and oxygen atoms in total. The maximum Gasteiger partial charge on any atom is 0.319 e. The van der Waals surface area contributed by atoms with Crippen LogP contribution >= 0.6 is 0 Å². The maximum atomic E-state index is 12.7. The van der Waals surface area contributed by atoms with Gasteiger partial charge in [0.25, 0.3) is 5.56 Å². The Bertz CT molecular complexity index is 1060. The summed E-state index contributed by atoms with van der Waals surface area (Å²) in [6.07, 6.45) is 2.52. The summed E-state index contributed by atoms with van der Waals surface area (Å²) in [5.74, 6) is 0.699. The standard InChI is InChI=1S/C21H23N3O4/c1-13-16-6-3-4-8-18(16)28-19(13)14(2)22-21(26)23-17-7-5-10-24(20(17)25)15-9-11-27-12-15/h3-8,10,14-15H,9,11-12H2,1-2H3,(H2,22,23,26)/t14?,15-/m0/s1. The lowest BCUT2D eigenvalue weighted by atomic mass is 10.1.